The molecule has 0 spiro atoms. The van der Waals surface area contributed by atoms with E-state index >= 15 is 0 Å². The minimum absolute atomic E-state index is 0.000159. The summed E-state index contributed by atoms with van der Waals surface area (Å²) in [5.74, 6) is 0.230. The quantitative estimate of drug-likeness (QED) is 0.713. The van der Waals surface area contributed by atoms with Crippen LogP contribution < -0.4 is 0 Å². The van der Waals surface area contributed by atoms with Crippen molar-refractivity contribution in [1.29, 1.82) is 0 Å². The fourth-order valence-electron chi connectivity index (χ4n) is 3.36. The summed E-state index contributed by atoms with van der Waals surface area (Å²) in [6, 6.07) is 15.7. The van der Waals surface area contributed by atoms with Crippen LogP contribution in [-0.2, 0) is 6.42 Å². The molecule has 4 rings (SSSR count). The zero-order chi connectivity index (χ0) is 18.6. The van der Waals surface area contributed by atoms with Gasteiger partial charge in [0.1, 0.15) is 5.82 Å². The van der Waals surface area contributed by atoms with Gasteiger partial charge in [-0.05, 0) is 47.9 Å². The van der Waals surface area contributed by atoms with Crippen molar-refractivity contribution in [2.45, 2.75) is 25.3 Å². The SMILES string of the molecule is O=C(c1ccc(F)cc1)N1CCC[C@H](n2nnc(Cc3ccccc3)n2)C1. The molecule has 1 fully saturated rings. The van der Waals surface area contributed by atoms with E-state index in [-0.39, 0.29) is 17.8 Å². The molecule has 0 aliphatic carbocycles. The number of carbonyl (C=O) groups excluding carboxylic acids is 1. The van der Waals surface area contributed by atoms with Crippen molar-refractivity contribution in [1.82, 2.24) is 25.1 Å². The molecule has 1 amide bonds. The Bertz CT molecular complexity index is 910. The van der Waals surface area contributed by atoms with Crippen LogP contribution >= 0.6 is 0 Å². The molecule has 1 aliphatic rings. The fraction of sp³-hybridized carbons (Fsp3) is 0.300. The van der Waals surface area contributed by atoms with E-state index in [0.717, 1.165) is 18.4 Å². The smallest absolute Gasteiger partial charge is 0.253 e. The minimum Gasteiger partial charge on any atom is -0.336 e. The predicted octanol–water partition coefficient (Wildman–Crippen LogP) is 2.88. The van der Waals surface area contributed by atoms with Crippen molar-refractivity contribution in [3.63, 3.8) is 0 Å². The summed E-state index contributed by atoms with van der Waals surface area (Å²) in [4.78, 5) is 16.1. The highest BCUT2D eigenvalue weighted by Crippen LogP contribution is 2.22. The van der Waals surface area contributed by atoms with Crippen molar-refractivity contribution in [2.24, 2.45) is 0 Å². The molecule has 0 bridgehead atoms. The molecule has 1 aromatic heterocycles. The van der Waals surface area contributed by atoms with Gasteiger partial charge in [-0.1, -0.05) is 30.3 Å². The van der Waals surface area contributed by atoms with Crippen molar-refractivity contribution in [3.8, 4) is 0 Å². The van der Waals surface area contributed by atoms with Crippen LogP contribution in [0.5, 0.6) is 0 Å². The first kappa shape index (κ1) is 17.3. The number of nitrogens with zero attached hydrogens (tertiary/aromatic N) is 5. The number of aromatic nitrogens is 4. The maximum absolute atomic E-state index is 13.1. The zero-order valence-corrected chi connectivity index (χ0v) is 14.8. The number of carbonyl (C=O) groups is 1. The summed E-state index contributed by atoms with van der Waals surface area (Å²) < 4.78 is 13.1. The maximum atomic E-state index is 13.1. The zero-order valence-electron chi connectivity index (χ0n) is 14.8. The number of hydrogen-bond donors (Lipinski definition) is 0. The maximum Gasteiger partial charge on any atom is 0.253 e. The normalized spacial score (nSPS) is 17.1. The molecule has 0 saturated carbocycles. The number of rotatable bonds is 4. The van der Waals surface area contributed by atoms with Gasteiger partial charge in [0.25, 0.3) is 5.91 Å². The Kier molecular flexibility index (Phi) is 4.91. The second-order valence-corrected chi connectivity index (χ2v) is 6.74. The van der Waals surface area contributed by atoms with Crippen LogP contribution in [0.1, 0.15) is 40.6 Å². The van der Waals surface area contributed by atoms with Gasteiger partial charge in [-0.15, -0.1) is 10.2 Å². The summed E-state index contributed by atoms with van der Waals surface area (Å²) in [7, 11) is 0. The molecular formula is C20H20FN5O. The van der Waals surface area contributed by atoms with Crippen LogP contribution in [0, 0.1) is 5.82 Å². The monoisotopic (exact) mass is 365 g/mol. The van der Waals surface area contributed by atoms with Crippen LogP contribution in [0.25, 0.3) is 0 Å². The van der Waals surface area contributed by atoms with Crippen molar-refractivity contribution in [2.75, 3.05) is 13.1 Å². The fourth-order valence-corrected chi connectivity index (χ4v) is 3.36. The Hall–Kier alpha value is -3.09. The molecule has 7 heteroatoms. The summed E-state index contributed by atoms with van der Waals surface area (Å²) in [6.07, 6.45) is 2.40. The molecule has 1 aliphatic heterocycles. The first-order valence-electron chi connectivity index (χ1n) is 9.06. The first-order valence-corrected chi connectivity index (χ1v) is 9.06. The molecule has 138 valence electrons. The summed E-state index contributed by atoms with van der Waals surface area (Å²) >= 11 is 0. The van der Waals surface area contributed by atoms with Crippen molar-refractivity contribution in [3.05, 3.63) is 77.4 Å². The Morgan fingerprint density at radius 2 is 1.89 bits per heavy atom. The highest BCUT2D eigenvalue weighted by molar-refractivity contribution is 5.94. The molecule has 2 heterocycles. The molecule has 0 unspecified atom stereocenters. The van der Waals surface area contributed by atoms with E-state index in [2.05, 4.69) is 15.4 Å². The van der Waals surface area contributed by atoms with Gasteiger partial charge in [0.2, 0.25) is 0 Å². The Balaban J connectivity index is 1.44. The standard InChI is InChI=1S/C20H20FN5O/c21-17-10-8-16(9-11-17)20(27)25-12-4-7-18(14-25)26-23-19(22-24-26)13-15-5-2-1-3-6-15/h1-3,5-6,8-11,18H,4,7,12-14H2/t18-/m0/s1. The number of piperidine rings is 1. The van der Waals surface area contributed by atoms with Gasteiger partial charge in [0.15, 0.2) is 5.82 Å². The lowest BCUT2D eigenvalue weighted by Gasteiger charge is -2.31. The Morgan fingerprint density at radius 3 is 2.67 bits per heavy atom. The molecular weight excluding hydrogens is 345 g/mol. The number of likely N-dealkylation sites (tertiary alicyclic amines) is 1. The summed E-state index contributed by atoms with van der Waals surface area (Å²) in [5, 5.41) is 12.9. The van der Waals surface area contributed by atoms with Gasteiger partial charge >= 0.3 is 0 Å². The number of amides is 1. The highest BCUT2D eigenvalue weighted by Gasteiger charge is 2.27. The lowest BCUT2D eigenvalue weighted by molar-refractivity contribution is 0.0663. The lowest BCUT2D eigenvalue weighted by atomic mass is 10.0. The average Bonchev–Trinajstić information content (AvgIpc) is 3.17. The summed E-state index contributed by atoms with van der Waals surface area (Å²) in [5.41, 5.74) is 1.63. The first-order chi connectivity index (χ1) is 13.2. The lowest BCUT2D eigenvalue weighted by Crippen LogP contribution is -2.41. The topological polar surface area (TPSA) is 63.9 Å². The van der Waals surface area contributed by atoms with Gasteiger partial charge in [-0.2, -0.15) is 4.80 Å². The van der Waals surface area contributed by atoms with Crippen LogP contribution in [0.15, 0.2) is 54.6 Å². The van der Waals surface area contributed by atoms with Gasteiger partial charge in [0.05, 0.1) is 6.04 Å². The molecule has 1 saturated heterocycles. The van der Waals surface area contributed by atoms with Gasteiger partial charge < -0.3 is 4.90 Å². The van der Waals surface area contributed by atoms with E-state index in [4.69, 9.17) is 0 Å². The van der Waals surface area contributed by atoms with E-state index in [1.54, 1.807) is 9.70 Å². The second-order valence-electron chi connectivity index (χ2n) is 6.74. The van der Waals surface area contributed by atoms with E-state index in [0.29, 0.717) is 30.9 Å². The number of halogens is 1. The average molecular weight is 365 g/mol. The van der Waals surface area contributed by atoms with Crippen LogP contribution in [-0.4, -0.2) is 44.1 Å². The van der Waals surface area contributed by atoms with Crippen LogP contribution in [0.3, 0.4) is 0 Å². The third kappa shape index (κ3) is 4.02. The van der Waals surface area contributed by atoms with E-state index in [9.17, 15) is 9.18 Å². The van der Waals surface area contributed by atoms with Crippen LogP contribution in [0.2, 0.25) is 0 Å². The van der Waals surface area contributed by atoms with Gasteiger partial charge in [-0.25, -0.2) is 4.39 Å². The third-order valence-electron chi connectivity index (χ3n) is 4.78. The van der Waals surface area contributed by atoms with E-state index in [1.807, 2.05) is 30.3 Å². The predicted molar refractivity (Wildman–Crippen MR) is 97.6 cm³/mol. The number of hydrogen-bond acceptors (Lipinski definition) is 4. The van der Waals surface area contributed by atoms with E-state index in [1.165, 1.54) is 24.3 Å². The Morgan fingerprint density at radius 1 is 1.11 bits per heavy atom. The third-order valence-corrected chi connectivity index (χ3v) is 4.78. The molecule has 2 aromatic carbocycles. The van der Waals surface area contributed by atoms with Crippen LogP contribution in [0.4, 0.5) is 4.39 Å². The highest BCUT2D eigenvalue weighted by atomic mass is 19.1. The Labute approximate surface area is 156 Å². The number of tetrazole rings is 1. The molecule has 6 nitrogen and oxygen atoms in total. The molecule has 1 atom stereocenters. The van der Waals surface area contributed by atoms with Crippen molar-refractivity contribution < 1.29 is 9.18 Å². The minimum atomic E-state index is -0.346. The molecule has 0 radical (unpaired) electrons. The van der Waals surface area contributed by atoms with Crippen molar-refractivity contribution >= 4 is 5.91 Å². The summed E-state index contributed by atoms with van der Waals surface area (Å²) in [6.45, 7) is 1.20. The second kappa shape index (κ2) is 7.65. The molecule has 0 N–H and O–H groups in total. The largest absolute Gasteiger partial charge is 0.336 e. The van der Waals surface area contributed by atoms with E-state index < -0.39 is 0 Å². The molecule has 3 aromatic rings. The number of benzene rings is 2. The van der Waals surface area contributed by atoms with Gasteiger partial charge in [0, 0.05) is 25.1 Å². The van der Waals surface area contributed by atoms with Gasteiger partial charge in [-0.3, -0.25) is 4.79 Å². The molecule has 27 heavy (non-hydrogen) atoms.